The first-order chi connectivity index (χ1) is 11.5. The SMILES string of the molecule is O=C(/C=C/c1cc(Cl)ccc1N1C=NNN1)ON1C(=O)CCC1=O. The van der Waals surface area contributed by atoms with Gasteiger partial charge in [-0.15, -0.1) is 10.6 Å². The van der Waals surface area contributed by atoms with E-state index in [-0.39, 0.29) is 12.8 Å². The van der Waals surface area contributed by atoms with E-state index in [1.165, 1.54) is 12.4 Å². The molecule has 0 atom stereocenters. The van der Waals surface area contributed by atoms with Gasteiger partial charge in [0.25, 0.3) is 11.8 Å². The van der Waals surface area contributed by atoms with Gasteiger partial charge in [0.1, 0.15) is 6.34 Å². The van der Waals surface area contributed by atoms with Crippen LogP contribution in [-0.2, 0) is 19.2 Å². The Bertz CT molecular complexity index is 748. The lowest BCUT2D eigenvalue weighted by molar-refractivity contribution is -0.193. The van der Waals surface area contributed by atoms with Crippen LogP contribution < -0.4 is 16.1 Å². The van der Waals surface area contributed by atoms with Crippen molar-refractivity contribution in [2.75, 3.05) is 5.01 Å². The van der Waals surface area contributed by atoms with Crippen molar-refractivity contribution in [3.05, 3.63) is 34.9 Å². The van der Waals surface area contributed by atoms with Crippen molar-refractivity contribution < 1.29 is 19.2 Å². The summed E-state index contributed by atoms with van der Waals surface area (Å²) in [5, 5.41) is 6.34. The molecular formula is C14H12ClN5O4. The summed E-state index contributed by atoms with van der Waals surface area (Å²) in [5.74, 6) is -1.91. The van der Waals surface area contributed by atoms with Gasteiger partial charge in [-0.2, -0.15) is 5.10 Å². The Morgan fingerprint density at radius 1 is 1.29 bits per heavy atom. The maximum atomic E-state index is 11.8. The number of hydrogen-bond acceptors (Lipinski definition) is 8. The summed E-state index contributed by atoms with van der Waals surface area (Å²) in [6.07, 6.45) is 4.15. The zero-order chi connectivity index (χ0) is 17.1. The van der Waals surface area contributed by atoms with Gasteiger partial charge in [0.15, 0.2) is 0 Å². The Balaban J connectivity index is 1.75. The predicted octanol–water partition coefficient (Wildman–Crippen LogP) is 0.733. The number of hydrazine groups is 2. The van der Waals surface area contributed by atoms with Crippen LogP contribution in [0.15, 0.2) is 29.4 Å². The average molecular weight is 350 g/mol. The molecule has 2 N–H and O–H groups in total. The Hall–Kier alpha value is -2.91. The van der Waals surface area contributed by atoms with Crippen molar-refractivity contribution in [2.24, 2.45) is 5.10 Å². The highest BCUT2D eigenvalue weighted by atomic mass is 35.5. The van der Waals surface area contributed by atoms with Crippen LogP contribution in [0.5, 0.6) is 0 Å². The van der Waals surface area contributed by atoms with Crippen molar-refractivity contribution in [3.63, 3.8) is 0 Å². The maximum absolute atomic E-state index is 11.8. The Kier molecular flexibility index (Phi) is 4.45. The molecule has 124 valence electrons. The van der Waals surface area contributed by atoms with Crippen molar-refractivity contribution in [2.45, 2.75) is 12.8 Å². The Labute approximate surface area is 141 Å². The quantitative estimate of drug-likeness (QED) is 0.610. The summed E-state index contributed by atoms with van der Waals surface area (Å²) in [6.45, 7) is 0. The molecule has 1 fully saturated rings. The molecule has 1 aromatic rings. The number of rotatable bonds is 4. The summed E-state index contributed by atoms with van der Waals surface area (Å²) in [4.78, 5) is 39.4. The lowest BCUT2D eigenvalue weighted by Crippen LogP contribution is -2.37. The molecule has 24 heavy (non-hydrogen) atoms. The van der Waals surface area contributed by atoms with Gasteiger partial charge in [-0.3, -0.25) is 9.59 Å². The van der Waals surface area contributed by atoms with Gasteiger partial charge in [-0.25, -0.2) is 15.3 Å². The van der Waals surface area contributed by atoms with Gasteiger partial charge in [0, 0.05) is 29.5 Å². The van der Waals surface area contributed by atoms with Crippen molar-refractivity contribution in [1.29, 1.82) is 0 Å². The predicted molar refractivity (Wildman–Crippen MR) is 84.9 cm³/mol. The van der Waals surface area contributed by atoms with Gasteiger partial charge in [0.2, 0.25) is 0 Å². The lowest BCUT2D eigenvalue weighted by Gasteiger charge is -2.16. The highest BCUT2D eigenvalue weighted by molar-refractivity contribution is 6.30. The molecule has 0 saturated carbocycles. The fraction of sp³-hybridized carbons (Fsp3) is 0.143. The second kappa shape index (κ2) is 6.69. The van der Waals surface area contributed by atoms with Crippen LogP contribution in [0, 0.1) is 0 Å². The number of hydrogen-bond donors (Lipinski definition) is 2. The van der Waals surface area contributed by atoms with E-state index >= 15 is 0 Å². The van der Waals surface area contributed by atoms with Crippen LogP contribution in [0.2, 0.25) is 5.02 Å². The molecule has 0 radical (unpaired) electrons. The van der Waals surface area contributed by atoms with Crippen LogP contribution in [0.25, 0.3) is 6.08 Å². The first kappa shape index (κ1) is 16.0. The van der Waals surface area contributed by atoms with Crippen LogP contribution >= 0.6 is 11.6 Å². The van der Waals surface area contributed by atoms with Crippen molar-refractivity contribution in [1.82, 2.24) is 16.1 Å². The zero-order valence-corrected chi connectivity index (χ0v) is 13.0. The molecule has 2 amide bonds. The number of hydroxylamine groups is 2. The number of amides is 2. The number of halogens is 1. The Morgan fingerprint density at radius 3 is 2.71 bits per heavy atom. The van der Waals surface area contributed by atoms with Crippen LogP contribution in [0.4, 0.5) is 5.69 Å². The van der Waals surface area contributed by atoms with E-state index in [1.54, 1.807) is 23.2 Å². The lowest BCUT2D eigenvalue weighted by atomic mass is 10.1. The van der Waals surface area contributed by atoms with Crippen LogP contribution in [0.1, 0.15) is 18.4 Å². The Morgan fingerprint density at radius 2 is 2.04 bits per heavy atom. The van der Waals surface area contributed by atoms with Crippen LogP contribution in [-0.4, -0.2) is 29.2 Å². The topological polar surface area (TPSA) is 103 Å². The van der Waals surface area contributed by atoms with E-state index in [1.807, 2.05) is 0 Å². The van der Waals surface area contributed by atoms with Gasteiger partial charge < -0.3 is 4.84 Å². The average Bonchev–Trinajstić information content (AvgIpc) is 3.19. The summed E-state index contributed by atoms with van der Waals surface area (Å²) in [7, 11) is 0. The third-order valence-corrected chi connectivity index (χ3v) is 3.48. The van der Waals surface area contributed by atoms with Gasteiger partial charge >= 0.3 is 5.97 Å². The second-order valence-electron chi connectivity index (χ2n) is 4.87. The van der Waals surface area contributed by atoms with E-state index in [4.69, 9.17) is 16.4 Å². The number of carbonyl (C=O) groups excluding carboxylic acids is 3. The third-order valence-electron chi connectivity index (χ3n) is 3.24. The normalized spacial score (nSPS) is 17.0. The second-order valence-corrected chi connectivity index (χ2v) is 5.30. The fourth-order valence-corrected chi connectivity index (χ4v) is 2.32. The zero-order valence-electron chi connectivity index (χ0n) is 12.2. The number of nitrogens with one attached hydrogen (secondary N) is 2. The molecule has 2 aliphatic rings. The molecule has 10 heteroatoms. The summed E-state index contributed by atoms with van der Waals surface area (Å²) < 4.78 is 0. The number of carbonyl (C=O) groups is 3. The molecule has 0 aromatic heterocycles. The maximum Gasteiger partial charge on any atom is 0.356 e. The number of benzene rings is 1. The molecule has 2 aliphatic heterocycles. The van der Waals surface area contributed by atoms with Gasteiger partial charge in [-0.1, -0.05) is 11.6 Å². The summed E-state index contributed by atoms with van der Waals surface area (Å²) in [5.41, 5.74) is 6.58. The highest BCUT2D eigenvalue weighted by Gasteiger charge is 2.32. The van der Waals surface area contributed by atoms with E-state index in [2.05, 4.69) is 16.2 Å². The minimum absolute atomic E-state index is 0.0429. The molecule has 9 nitrogen and oxygen atoms in total. The first-order valence-electron chi connectivity index (χ1n) is 6.93. The summed E-state index contributed by atoms with van der Waals surface area (Å²) in [6, 6.07) is 5.05. The number of hydrazone groups is 1. The van der Waals surface area contributed by atoms with E-state index in [9.17, 15) is 14.4 Å². The van der Waals surface area contributed by atoms with E-state index in [0.29, 0.717) is 21.3 Å². The number of imide groups is 1. The largest absolute Gasteiger partial charge is 0.356 e. The van der Waals surface area contributed by atoms with E-state index in [0.717, 1.165) is 6.08 Å². The molecule has 1 saturated heterocycles. The molecular weight excluding hydrogens is 338 g/mol. The number of nitrogens with zero attached hydrogens (tertiary/aromatic N) is 3. The number of anilines is 1. The standard InChI is InChI=1S/C14H12ClN5O4/c15-10-2-3-11(19-8-16-17-18-19)9(7-10)1-6-14(23)24-20-12(21)4-5-13(20)22/h1-3,6-8,17-18H,4-5H2/b6-1+. The molecule has 0 bridgehead atoms. The van der Waals surface area contributed by atoms with Crippen LogP contribution in [0.3, 0.4) is 0 Å². The molecule has 1 aromatic carbocycles. The fourth-order valence-electron chi connectivity index (χ4n) is 2.13. The molecule has 3 rings (SSSR count). The molecule has 0 spiro atoms. The highest BCUT2D eigenvalue weighted by Crippen LogP contribution is 2.24. The third kappa shape index (κ3) is 3.36. The smallest absolute Gasteiger partial charge is 0.326 e. The van der Waals surface area contributed by atoms with Gasteiger partial charge in [0.05, 0.1) is 5.69 Å². The van der Waals surface area contributed by atoms with E-state index < -0.39 is 17.8 Å². The molecule has 0 unspecified atom stereocenters. The minimum Gasteiger partial charge on any atom is -0.326 e. The minimum atomic E-state index is -0.842. The monoisotopic (exact) mass is 349 g/mol. The summed E-state index contributed by atoms with van der Waals surface area (Å²) >= 11 is 5.98. The molecule has 0 aliphatic carbocycles. The van der Waals surface area contributed by atoms with Gasteiger partial charge in [-0.05, 0) is 24.3 Å². The molecule has 2 heterocycles. The first-order valence-corrected chi connectivity index (χ1v) is 7.31. The van der Waals surface area contributed by atoms with Crippen molar-refractivity contribution >= 4 is 47.5 Å². The van der Waals surface area contributed by atoms with Crippen molar-refractivity contribution in [3.8, 4) is 0 Å².